The highest BCUT2D eigenvalue weighted by molar-refractivity contribution is 9.08. The third kappa shape index (κ3) is 4.71. The molecule has 7 heteroatoms. The molecule has 0 N–H and O–H groups in total. The Labute approximate surface area is 150 Å². The molecule has 0 saturated heterocycles. The minimum atomic E-state index is -0.736. The van der Waals surface area contributed by atoms with Crippen LogP contribution in [0.1, 0.15) is 48.7 Å². The Morgan fingerprint density at radius 3 is 2.54 bits per heavy atom. The van der Waals surface area contributed by atoms with Gasteiger partial charge in [0, 0.05) is 12.4 Å². The van der Waals surface area contributed by atoms with Crippen molar-refractivity contribution in [1.82, 2.24) is 4.90 Å². The molecule has 0 heterocycles. The van der Waals surface area contributed by atoms with Gasteiger partial charge in [0.1, 0.15) is 11.9 Å². The van der Waals surface area contributed by atoms with E-state index >= 15 is 0 Å². The Bertz CT molecular complexity index is 655. The lowest BCUT2D eigenvalue weighted by molar-refractivity contribution is 0.0586. The maximum absolute atomic E-state index is 12.6. The fourth-order valence-corrected chi connectivity index (χ4v) is 2.34. The second-order valence-corrected chi connectivity index (χ2v) is 5.71. The van der Waals surface area contributed by atoms with E-state index in [4.69, 9.17) is 9.47 Å². The van der Waals surface area contributed by atoms with Crippen LogP contribution < -0.4 is 4.74 Å². The van der Waals surface area contributed by atoms with Crippen LogP contribution in [0.5, 0.6) is 5.75 Å². The van der Waals surface area contributed by atoms with Crippen molar-refractivity contribution in [2.24, 2.45) is 0 Å². The van der Waals surface area contributed by atoms with Crippen LogP contribution in [-0.4, -0.2) is 36.7 Å². The summed E-state index contributed by atoms with van der Waals surface area (Å²) in [6.07, 6.45) is -0.374. The fourth-order valence-electron chi connectivity index (χ4n) is 1.88. The van der Waals surface area contributed by atoms with E-state index in [1.807, 2.05) is 13.0 Å². The average Bonchev–Trinajstić information content (AvgIpc) is 2.59. The summed E-state index contributed by atoms with van der Waals surface area (Å²) in [7, 11) is 1.34. The molecule has 1 rings (SSSR count). The van der Waals surface area contributed by atoms with Crippen LogP contribution in [0.25, 0.3) is 0 Å². The Balaban J connectivity index is 3.20. The van der Waals surface area contributed by atoms with Crippen molar-refractivity contribution in [3.8, 4) is 11.8 Å². The zero-order chi connectivity index (χ0) is 18.3. The zero-order valence-electron chi connectivity index (χ0n) is 14.3. The quantitative estimate of drug-likeness (QED) is 0.681. The molecule has 0 spiro atoms. The number of carbonyl (C=O) groups is 2. The van der Waals surface area contributed by atoms with Gasteiger partial charge in [-0.15, -0.1) is 0 Å². The highest BCUT2D eigenvalue weighted by Gasteiger charge is 2.25. The van der Waals surface area contributed by atoms with Gasteiger partial charge in [0.25, 0.3) is 5.91 Å². The summed E-state index contributed by atoms with van der Waals surface area (Å²) < 4.78 is 10.7. The van der Waals surface area contributed by atoms with Crippen molar-refractivity contribution in [3.63, 3.8) is 0 Å². The Hall–Kier alpha value is -2.07. The molecule has 1 aromatic rings. The predicted octanol–water partition coefficient (Wildman–Crippen LogP) is 3.86. The van der Waals surface area contributed by atoms with E-state index in [0.29, 0.717) is 35.2 Å². The predicted molar refractivity (Wildman–Crippen MR) is 93.3 cm³/mol. The van der Waals surface area contributed by atoms with Gasteiger partial charge in [0.2, 0.25) is 0 Å². The number of hydrogen-bond acceptors (Lipinski definition) is 5. The molecule has 0 radical (unpaired) electrons. The smallest absolute Gasteiger partial charge is 0.416 e. The Morgan fingerprint density at radius 2 is 2.04 bits per heavy atom. The minimum Gasteiger partial charge on any atom is -0.493 e. The molecule has 24 heavy (non-hydrogen) atoms. The number of imide groups is 1. The molecule has 2 amide bonds. The molecule has 0 bridgehead atoms. The van der Waals surface area contributed by atoms with Gasteiger partial charge < -0.3 is 9.47 Å². The zero-order valence-corrected chi connectivity index (χ0v) is 15.8. The molecule has 6 nitrogen and oxygen atoms in total. The van der Waals surface area contributed by atoms with E-state index in [1.54, 1.807) is 19.9 Å². The van der Waals surface area contributed by atoms with Crippen molar-refractivity contribution >= 4 is 27.9 Å². The molecule has 1 unspecified atom stereocenters. The number of carbonyl (C=O) groups excluding carboxylic acids is 2. The SMILES string of the molecule is CCOc1cc(CBr)c(C#N)cc1C(=O)N(C)C(=O)OC(C)CC. The Morgan fingerprint density at radius 1 is 1.38 bits per heavy atom. The van der Waals surface area contributed by atoms with Gasteiger partial charge in [-0.2, -0.15) is 5.26 Å². The lowest BCUT2D eigenvalue weighted by Crippen LogP contribution is -2.35. The molecule has 1 atom stereocenters. The van der Waals surface area contributed by atoms with Crippen molar-refractivity contribution in [1.29, 1.82) is 5.26 Å². The number of halogens is 1. The molecule has 0 fully saturated rings. The number of nitrogens with zero attached hydrogens (tertiary/aromatic N) is 2. The van der Waals surface area contributed by atoms with Crippen LogP contribution in [0.2, 0.25) is 0 Å². The summed E-state index contributed by atoms with van der Waals surface area (Å²) in [5, 5.41) is 9.70. The van der Waals surface area contributed by atoms with Gasteiger partial charge in [-0.25, -0.2) is 9.69 Å². The van der Waals surface area contributed by atoms with Gasteiger partial charge in [-0.3, -0.25) is 4.79 Å². The van der Waals surface area contributed by atoms with Crippen molar-refractivity contribution < 1.29 is 19.1 Å². The molecular weight excluding hydrogens is 376 g/mol. The second kappa shape index (κ2) is 9.28. The number of amides is 2. The summed E-state index contributed by atoms with van der Waals surface area (Å²) in [5.41, 5.74) is 1.21. The summed E-state index contributed by atoms with van der Waals surface area (Å²) in [5.74, 6) is -0.247. The van der Waals surface area contributed by atoms with E-state index in [2.05, 4.69) is 15.9 Å². The van der Waals surface area contributed by atoms with Gasteiger partial charge in [-0.05, 0) is 38.0 Å². The third-order valence-corrected chi connectivity index (χ3v) is 4.06. The van der Waals surface area contributed by atoms with E-state index < -0.39 is 12.0 Å². The van der Waals surface area contributed by atoms with Gasteiger partial charge in [-0.1, -0.05) is 22.9 Å². The minimum absolute atomic E-state index is 0.154. The monoisotopic (exact) mass is 396 g/mol. The van der Waals surface area contributed by atoms with Crippen LogP contribution in [-0.2, 0) is 10.1 Å². The van der Waals surface area contributed by atoms with Crippen LogP contribution in [0.3, 0.4) is 0 Å². The largest absolute Gasteiger partial charge is 0.493 e. The molecule has 0 aliphatic rings. The molecular formula is C17H21BrN2O4. The number of rotatable bonds is 6. The maximum Gasteiger partial charge on any atom is 0.416 e. The first-order chi connectivity index (χ1) is 11.4. The number of benzene rings is 1. The number of ether oxygens (including phenoxy) is 2. The molecule has 1 aromatic carbocycles. The van der Waals surface area contributed by atoms with Crippen LogP contribution in [0.4, 0.5) is 4.79 Å². The lowest BCUT2D eigenvalue weighted by atomic mass is 10.0. The first kappa shape index (κ1) is 20.0. The topological polar surface area (TPSA) is 79.6 Å². The molecule has 130 valence electrons. The Kier molecular flexibility index (Phi) is 7.72. The van der Waals surface area contributed by atoms with Gasteiger partial charge >= 0.3 is 6.09 Å². The second-order valence-electron chi connectivity index (χ2n) is 5.15. The lowest BCUT2D eigenvalue weighted by Gasteiger charge is -2.20. The van der Waals surface area contributed by atoms with Crippen LogP contribution in [0, 0.1) is 11.3 Å². The maximum atomic E-state index is 12.6. The molecule has 0 aliphatic heterocycles. The number of nitriles is 1. The number of hydrogen-bond donors (Lipinski definition) is 0. The summed E-state index contributed by atoms with van der Waals surface area (Å²) in [6, 6.07) is 5.13. The van der Waals surface area contributed by atoms with Crippen molar-refractivity contribution in [2.45, 2.75) is 38.6 Å². The fraction of sp³-hybridized carbons (Fsp3) is 0.471. The summed E-state index contributed by atoms with van der Waals surface area (Å²) >= 11 is 3.31. The first-order valence-electron chi connectivity index (χ1n) is 7.63. The molecule has 0 saturated carbocycles. The van der Waals surface area contributed by atoms with E-state index in [9.17, 15) is 14.9 Å². The van der Waals surface area contributed by atoms with Crippen molar-refractivity contribution in [2.75, 3.05) is 13.7 Å². The number of alkyl halides is 1. The average molecular weight is 397 g/mol. The first-order valence-corrected chi connectivity index (χ1v) is 8.76. The molecule has 0 aliphatic carbocycles. The third-order valence-electron chi connectivity index (χ3n) is 3.46. The van der Waals surface area contributed by atoms with Gasteiger partial charge in [0.15, 0.2) is 0 Å². The standard InChI is InChI=1S/C17H21BrN2O4/c1-5-11(3)24-17(22)20(4)16(21)14-7-13(10-19)12(9-18)8-15(14)23-6-2/h7-8,11H,5-6,9H2,1-4H3. The highest BCUT2D eigenvalue weighted by Crippen LogP contribution is 2.27. The van der Waals surface area contributed by atoms with E-state index in [1.165, 1.54) is 13.1 Å². The molecule has 0 aromatic heterocycles. The highest BCUT2D eigenvalue weighted by atomic mass is 79.9. The normalized spacial score (nSPS) is 11.3. The van der Waals surface area contributed by atoms with E-state index in [-0.39, 0.29) is 11.7 Å². The summed E-state index contributed by atoms with van der Waals surface area (Å²) in [6.45, 7) is 5.78. The van der Waals surface area contributed by atoms with Crippen LogP contribution >= 0.6 is 15.9 Å². The van der Waals surface area contributed by atoms with Gasteiger partial charge in [0.05, 0.1) is 23.8 Å². The van der Waals surface area contributed by atoms with Crippen molar-refractivity contribution in [3.05, 3.63) is 28.8 Å². The van der Waals surface area contributed by atoms with E-state index in [0.717, 1.165) is 4.90 Å². The van der Waals surface area contributed by atoms with Crippen LogP contribution in [0.15, 0.2) is 12.1 Å². The summed E-state index contributed by atoms with van der Waals surface area (Å²) in [4.78, 5) is 25.6.